The Kier molecular flexibility index (Phi) is 36.2. The van der Waals surface area contributed by atoms with Crippen molar-refractivity contribution in [1.29, 1.82) is 0 Å². The molecule has 0 saturated carbocycles. The summed E-state index contributed by atoms with van der Waals surface area (Å²) in [6, 6.07) is -12.3. The predicted molar refractivity (Wildman–Crippen MR) is 291 cm³/mol. The second kappa shape index (κ2) is 40.2. The highest BCUT2D eigenvalue weighted by atomic mass is 32.2. The molecule has 0 spiro atoms. The van der Waals surface area contributed by atoms with E-state index in [2.05, 4.69) is 57.8 Å². The van der Waals surface area contributed by atoms with Gasteiger partial charge < -0.3 is 91.8 Å². The average molecular weight is 1160 g/mol. The van der Waals surface area contributed by atoms with E-state index in [-0.39, 0.29) is 69.4 Å². The maximum absolute atomic E-state index is 14.2. The van der Waals surface area contributed by atoms with E-state index in [0.29, 0.717) is 6.42 Å². The number of rotatable bonds is 43. The molecule has 0 aromatic rings. The van der Waals surface area contributed by atoms with Crippen LogP contribution in [-0.4, -0.2) is 184 Å². The normalized spacial score (nSPS) is 13.7. The first-order valence-electron chi connectivity index (χ1n) is 25.8. The number of carboxylic acids is 3. The Morgan fingerprint density at radius 3 is 1.21 bits per heavy atom. The van der Waals surface area contributed by atoms with Crippen LogP contribution in [0.5, 0.6) is 0 Å². The van der Waals surface area contributed by atoms with Crippen LogP contribution in [0.2, 0.25) is 0 Å². The minimum Gasteiger partial charge on any atom is -0.481 e. The Labute approximate surface area is 467 Å². The summed E-state index contributed by atoms with van der Waals surface area (Å²) in [4.78, 5) is 176. The molecule has 0 saturated heterocycles. The van der Waals surface area contributed by atoms with Gasteiger partial charge in [0, 0.05) is 45.8 Å². The lowest BCUT2D eigenvalue weighted by Gasteiger charge is -2.28. The van der Waals surface area contributed by atoms with Gasteiger partial charge >= 0.3 is 17.9 Å². The van der Waals surface area contributed by atoms with Crippen molar-refractivity contribution in [3.8, 4) is 0 Å². The zero-order valence-corrected chi connectivity index (χ0v) is 46.4. The van der Waals surface area contributed by atoms with Gasteiger partial charge in [0.2, 0.25) is 59.1 Å². The number of carboxylic acid groups (broad SMARTS) is 3. The summed E-state index contributed by atoms with van der Waals surface area (Å²) >= 11 is 1.24. The Hall–Kier alpha value is -8.00. The van der Waals surface area contributed by atoms with Crippen molar-refractivity contribution < 1.29 is 77.6 Å². The molecule has 0 aromatic carbocycles. The van der Waals surface area contributed by atoms with Gasteiger partial charge in [-0.05, 0) is 76.7 Å². The summed E-state index contributed by atoms with van der Waals surface area (Å²) in [6.07, 6.45) is 0.533. The van der Waals surface area contributed by atoms with Crippen molar-refractivity contribution in [2.45, 2.75) is 172 Å². The van der Waals surface area contributed by atoms with E-state index >= 15 is 0 Å². The quantitative estimate of drug-likeness (QED) is 0.0154. The number of guanidine groups is 2. The number of hydrogen-bond donors (Lipinski definition) is 17. The molecule has 0 bridgehead atoms. The number of carbonyl (C=O) groups excluding carboxylic acids is 10. The molecule has 0 aliphatic carbocycles. The maximum atomic E-state index is 14.2. The second-order valence-electron chi connectivity index (χ2n) is 18.3. The fraction of sp³-hybridized carbons (Fsp3) is 0.681. The number of unbranched alkanes of at least 4 members (excludes halogenated alkanes) is 3. The van der Waals surface area contributed by atoms with Gasteiger partial charge in [0.25, 0.3) is 0 Å². The molecule has 8 atom stereocenters. The van der Waals surface area contributed by atoms with Gasteiger partial charge in [-0.15, -0.1) is 0 Å². The molecule has 0 heterocycles. The molecule has 0 rings (SSSR count). The minimum absolute atomic E-state index is 0.0183. The zero-order chi connectivity index (χ0) is 60.9. The molecule has 10 amide bonds. The highest BCUT2D eigenvalue weighted by molar-refractivity contribution is 7.98. The van der Waals surface area contributed by atoms with E-state index in [9.17, 15) is 72.5 Å². The third kappa shape index (κ3) is 33.3. The molecule has 0 radical (unpaired) electrons. The number of carbonyl (C=O) groups is 13. The summed E-state index contributed by atoms with van der Waals surface area (Å²) in [5, 5.41) is 49.9. The van der Waals surface area contributed by atoms with Crippen LogP contribution < -0.4 is 76.5 Å². The number of thioether (sulfide) groups is 1. The first-order valence-corrected chi connectivity index (χ1v) is 27.2. The van der Waals surface area contributed by atoms with Crippen LogP contribution in [0.3, 0.4) is 0 Å². The van der Waals surface area contributed by atoms with E-state index in [0.717, 1.165) is 26.2 Å². The third-order valence-corrected chi connectivity index (χ3v) is 12.1. The number of nitrogens with two attached hydrogens (primary N) is 5. The standard InChI is InChI=1S/C47H82N16O16S/c1-5-6-7-8-20-53-39(73)33(24-37(70)71)63-38(72)25(2)56-40(74)27(11-9-21-54-46(49)50)58-41(75)28(12-10-22-55-47(51)52)59-43(77)30(13-16-34(48)65)60-45(79)32(19-23-80-4)62-44(78)31(15-18-36(68)69)61-42(76)29(57-26(3)64)14-17-35(66)67/h25,27-33H,5-24H2,1-4H3,(H2,48,65)(H,53,73)(H,56,74)(H,57,64)(H,58,75)(H,59,77)(H,60,79)(H,61,76)(H,62,78)(H,63,72)(H,66,67)(H,68,69)(H,70,71)(H4,49,50,54)(H4,51,52,55)/t25-,27-,28-,29-,30-,31-,32-,33-/m0/s1. The lowest BCUT2D eigenvalue weighted by atomic mass is 10.0. The van der Waals surface area contributed by atoms with Crippen molar-refractivity contribution in [2.24, 2.45) is 38.7 Å². The lowest BCUT2D eigenvalue weighted by molar-refractivity contribution is -0.141. The second-order valence-corrected chi connectivity index (χ2v) is 19.3. The number of amides is 10. The third-order valence-electron chi connectivity index (χ3n) is 11.4. The van der Waals surface area contributed by atoms with E-state index < -0.39 is 170 Å². The number of primary amides is 1. The number of nitrogens with zero attached hydrogens (tertiary/aromatic N) is 2. The van der Waals surface area contributed by atoms with E-state index in [1.54, 1.807) is 6.26 Å². The number of aliphatic imine (C=N–C) groups is 2. The summed E-state index contributed by atoms with van der Waals surface area (Å²) in [5.74, 6) is -14.0. The van der Waals surface area contributed by atoms with Gasteiger partial charge in [0.05, 0.1) is 6.42 Å². The van der Waals surface area contributed by atoms with Gasteiger partial charge in [-0.1, -0.05) is 26.2 Å². The minimum atomic E-state index is -1.67. The van der Waals surface area contributed by atoms with E-state index in [4.69, 9.17) is 33.8 Å². The summed E-state index contributed by atoms with van der Waals surface area (Å²) < 4.78 is 0. The van der Waals surface area contributed by atoms with E-state index in [1.165, 1.54) is 18.7 Å². The molecule has 33 heteroatoms. The molecule has 32 nitrogen and oxygen atoms in total. The Morgan fingerprint density at radius 2 is 0.838 bits per heavy atom. The van der Waals surface area contributed by atoms with Crippen LogP contribution in [0.25, 0.3) is 0 Å². The van der Waals surface area contributed by atoms with Crippen LogP contribution in [0.1, 0.15) is 124 Å². The molecule has 80 heavy (non-hydrogen) atoms. The van der Waals surface area contributed by atoms with Crippen molar-refractivity contribution in [2.75, 3.05) is 31.6 Å². The summed E-state index contributed by atoms with van der Waals surface area (Å²) in [5.41, 5.74) is 27.3. The van der Waals surface area contributed by atoms with Crippen molar-refractivity contribution in [3.63, 3.8) is 0 Å². The maximum Gasteiger partial charge on any atom is 0.305 e. The monoisotopic (exact) mass is 1160 g/mol. The van der Waals surface area contributed by atoms with Crippen LogP contribution in [0.4, 0.5) is 0 Å². The Morgan fingerprint density at radius 1 is 0.450 bits per heavy atom. The lowest BCUT2D eigenvalue weighted by Crippen LogP contribution is -2.60. The van der Waals surface area contributed by atoms with Gasteiger partial charge in [-0.25, -0.2) is 0 Å². The largest absolute Gasteiger partial charge is 0.481 e. The Bertz CT molecular complexity index is 2180. The summed E-state index contributed by atoms with van der Waals surface area (Å²) in [6.45, 7) is 4.42. The average Bonchev–Trinajstić information content (AvgIpc) is 3.36. The molecule has 0 fully saturated rings. The zero-order valence-electron chi connectivity index (χ0n) is 45.6. The van der Waals surface area contributed by atoms with Gasteiger partial charge in [0.1, 0.15) is 48.3 Å². The first kappa shape index (κ1) is 72.0. The SMILES string of the molecule is CCCCCCNC(=O)[C@H](CC(=O)O)NC(=O)[C@H](C)NC(=O)[C@H](CCCN=C(N)N)NC(=O)[C@H](CCCN=C(N)N)NC(=O)[C@H](CCC(N)=O)NC(=O)[C@H](CCSC)NC(=O)[C@H](CCC(=O)O)NC(=O)[C@H](CCC(=O)O)NC(C)=O. The van der Waals surface area contributed by atoms with Gasteiger partial charge in [-0.2, -0.15) is 11.8 Å². The van der Waals surface area contributed by atoms with Crippen LogP contribution in [0, 0.1) is 0 Å². The number of hydrogen-bond acceptors (Lipinski definition) is 16. The van der Waals surface area contributed by atoms with Crippen molar-refractivity contribution in [1.82, 2.24) is 47.9 Å². The molecular weight excluding hydrogens is 1080 g/mol. The molecule has 0 unspecified atom stereocenters. The highest BCUT2D eigenvalue weighted by Crippen LogP contribution is 2.11. The summed E-state index contributed by atoms with van der Waals surface area (Å²) in [7, 11) is 0. The first-order chi connectivity index (χ1) is 37.6. The van der Waals surface area contributed by atoms with Crippen LogP contribution >= 0.6 is 11.8 Å². The van der Waals surface area contributed by atoms with E-state index in [1.807, 2.05) is 6.92 Å². The smallest absolute Gasteiger partial charge is 0.305 e. The fourth-order valence-corrected chi connectivity index (χ4v) is 7.70. The predicted octanol–water partition coefficient (Wildman–Crippen LogP) is -5.07. The molecule has 0 aliphatic heterocycles. The fourth-order valence-electron chi connectivity index (χ4n) is 7.23. The topological polar surface area (TPSA) is 546 Å². The molecule has 22 N–H and O–H groups in total. The molecule has 452 valence electrons. The highest BCUT2D eigenvalue weighted by Gasteiger charge is 2.35. The van der Waals surface area contributed by atoms with Gasteiger partial charge in [0.15, 0.2) is 11.9 Å². The number of aliphatic carboxylic acids is 3. The van der Waals surface area contributed by atoms with Crippen LogP contribution in [-0.2, 0) is 62.3 Å². The van der Waals surface area contributed by atoms with Crippen molar-refractivity contribution >= 4 is 101 Å². The van der Waals surface area contributed by atoms with Crippen LogP contribution in [0.15, 0.2) is 9.98 Å². The Balaban J connectivity index is 6.93. The molecule has 0 aliphatic rings. The van der Waals surface area contributed by atoms with Gasteiger partial charge in [-0.3, -0.25) is 72.3 Å². The van der Waals surface area contributed by atoms with Crippen molar-refractivity contribution in [3.05, 3.63) is 0 Å². The molecule has 0 aromatic heterocycles. The molecular formula is C47H82N16O16S. The number of nitrogens with one attached hydrogen (secondary N) is 9.